The van der Waals surface area contributed by atoms with Crippen molar-refractivity contribution in [1.82, 2.24) is 0 Å². The summed E-state index contributed by atoms with van der Waals surface area (Å²) in [7, 11) is 0. The summed E-state index contributed by atoms with van der Waals surface area (Å²) in [6.07, 6.45) is 13.0. The first-order chi connectivity index (χ1) is 10.3. The van der Waals surface area contributed by atoms with Gasteiger partial charge in [-0.1, -0.05) is 66.9 Å². The van der Waals surface area contributed by atoms with E-state index in [0.717, 1.165) is 11.8 Å². The molecule has 1 nitrogen and oxygen atoms in total. The predicted octanol–water partition coefficient (Wildman–Crippen LogP) is 6.31. The summed E-state index contributed by atoms with van der Waals surface area (Å²) in [5.41, 5.74) is 2.68. The fourth-order valence-corrected chi connectivity index (χ4v) is 4.80. The van der Waals surface area contributed by atoms with E-state index in [1.165, 1.54) is 73.5 Å². The first-order valence-corrected chi connectivity index (χ1v) is 9.56. The lowest BCUT2D eigenvalue weighted by Gasteiger charge is -2.40. The molecule has 1 aromatic rings. The van der Waals surface area contributed by atoms with Gasteiger partial charge < -0.3 is 5.32 Å². The summed E-state index contributed by atoms with van der Waals surface area (Å²) in [4.78, 5) is 0. The van der Waals surface area contributed by atoms with Gasteiger partial charge in [-0.2, -0.15) is 0 Å². The number of hydrogen-bond acceptors (Lipinski definition) is 1. The lowest BCUT2D eigenvalue weighted by Crippen LogP contribution is -2.37. The van der Waals surface area contributed by atoms with Gasteiger partial charge in [-0.25, -0.2) is 0 Å². The van der Waals surface area contributed by atoms with Crippen molar-refractivity contribution < 1.29 is 0 Å². The number of hydrogen-bond donors (Lipinski definition) is 1. The van der Waals surface area contributed by atoms with Crippen molar-refractivity contribution in [2.75, 3.05) is 5.32 Å². The maximum Gasteiger partial charge on any atom is 0.0383 e. The van der Waals surface area contributed by atoms with Gasteiger partial charge in [-0.3, -0.25) is 0 Å². The standard InChI is InChI=1S/C19H28BrN/c1-14-17(20)11-7-13-18(14)21-19-12-6-5-10-16(19)15-8-3-2-4-9-15/h7,11,13,15-16,19,21H,2-6,8-10,12H2,1H3. The largest absolute Gasteiger partial charge is 0.382 e. The van der Waals surface area contributed by atoms with E-state index in [1.54, 1.807) is 0 Å². The maximum absolute atomic E-state index is 3.91. The van der Waals surface area contributed by atoms with Crippen LogP contribution in [0.1, 0.15) is 63.4 Å². The molecule has 1 N–H and O–H groups in total. The highest BCUT2D eigenvalue weighted by atomic mass is 79.9. The molecule has 0 amide bonds. The highest BCUT2D eigenvalue weighted by molar-refractivity contribution is 9.10. The van der Waals surface area contributed by atoms with Gasteiger partial charge in [0.05, 0.1) is 0 Å². The molecule has 21 heavy (non-hydrogen) atoms. The molecule has 0 spiro atoms. The molecule has 2 aliphatic rings. The first kappa shape index (κ1) is 15.4. The van der Waals surface area contributed by atoms with Crippen molar-refractivity contribution in [3.63, 3.8) is 0 Å². The number of rotatable bonds is 3. The van der Waals surface area contributed by atoms with E-state index < -0.39 is 0 Å². The Morgan fingerprint density at radius 1 is 0.952 bits per heavy atom. The molecule has 2 saturated carbocycles. The monoisotopic (exact) mass is 349 g/mol. The molecule has 2 aliphatic carbocycles. The summed E-state index contributed by atoms with van der Waals surface area (Å²) in [6, 6.07) is 7.22. The average molecular weight is 350 g/mol. The van der Waals surface area contributed by atoms with Crippen LogP contribution in [0.15, 0.2) is 22.7 Å². The second kappa shape index (κ2) is 7.17. The Labute approximate surface area is 138 Å². The van der Waals surface area contributed by atoms with E-state index in [-0.39, 0.29) is 0 Å². The van der Waals surface area contributed by atoms with Gasteiger partial charge in [0.15, 0.2) is 0 Å². The molecule has 0 aromatic heterocycles. The van der Waals surface area contributed by atoms with Gasteiger partial charge in [0.2, 0.25) is 0 Å². The Bertz CT molecular complexity index is 465. The predicted molar refractivity (Wildman–Crippen MR) is 94.8 cm³/mol. The van der Waals surface area contributed by atoms with E-state index in [9.17, 15) is 0 Å². The molecule has 0 bridgehead atoms. The Balaban J connectivity index is 1.73. The van der Waals surface area contributed by atoms with Crippen molar-refractivity contribution in [1.29, 1.82) is 0 Å². The SMILES string of the molecule is Cc1c(Br)cccc1NC1CCCCC1C1CCCCC1. The fourth-order valence-electron chi connectivity index (χ4n) is 4.43. The number of benzene rings is 1. The Morgan fingerprint density at radius 3 is 2.48 bits per heavy atom. The molecule has 0 aliphatic heterocycles. The van der Waals surface area contributed by atoms with Crippen LogP contribution in [0.25, 0.3) is 0 Å². The zero-order chi connectivity index (χ0) is 14.7. The highest BCUT2D eigenvalue weighted by Crippen LogP contribution is 2.40. The molecule has 2 heteroatoms. The molecular weight excluding hydrogens is 322 g/mol. The molecule has 0 saturated heterocycles. The molecule has 0 radical (unpaired) electrons. The van der Waals surface area contributed by atoms with E-state index in [2.05, 4.69) is 46.4 Å². The summed E-state index contributed by atoms with van der Waals surface area (Å²) < 4.78 is 1.22. The van der Waals surface area contributed by atoms with Crippen molar-refractivity contribution in [3.8, 4) is 0 Å². The van der Waals surface area contributed by atoms with Gasteiger partial charge in [-0.05, 0) is 49.3 Å². The number of halogens is 1. The summed E-state index contributed by atoms with van der Waals surface area (Å²) >= 11 is 3.66. The van der Waals surface area contributed by atoms with Crippen molar-refractivity contribution in [3.05, 3.63) is 28.2 Å². The van der Waals surface area contributed by atoms with Crippen LogP contribution in [-0.4, -0.2) is 6.04 Å². The third kappa shape index (κ3) is 3.64. The summed E-state index contributed by atoms with van der Waals surface area (Å²) in [5, 5.41) is 3.91. The summed E-state index contributed by atoms with van der Waals surface area (Å²) in [5.74, 6) is 1.88. The van der Waals surface area contributed by atoms with E-state index in [1.807, 2.05) is 0 Å². The van der Waals surface area contributed by atoms with Crippen LogP contribution in [0.5, 0.6) is 0 Å². The van der Waals surface area contributed by atoms with Crippen LogP contribution in [-0.2, 0) is 0 Å². The minimum Gasteiger partial charge on any atom is -0.382 e. The molecule has 2 fully saturated rings. The third-order valence-corrected chi connectivity index (χ3v) is 6.54. The first-order valence-electron chi connectivity index (χ1n) is 8.77. The Morgan fingerprint density at radius 2 is 1.67 bits per heavy atom. The van der Waals surface area contributed by atoms with Crippen LogP contribution in [0.4, 0.5) is 5.69 Å². The lowest BCUT2D eigenvalue weighted by molar-refractivity contribution is 0.180. The minimum absolute atomic E-state index is 0.690. The van der Waals surface area contributed by atoms with Crippen LogP contribution in [0.3, 0.4) is 0 Å². The number of anilines is 1. The van der Waals surface area contributed by atoms with Gasteiger partial charge in [-0.15, -0.1) is 0 Å². The van der Waals surface area contributed by atoms with Crippen molar-refractivity contribution in [2.24, 2.45) is 11.8 Å². The zero-order valence-corrected chi connectivity index (χ0v) is 14.8. The second-order valence-electron chi connectivity index (χ2n) is 7.01. The zero-order valence-electron chi connectivity index (χ0n) is 13.2. The summed E-state index contributed by atoms with van der Waals surface area (Å²) in [6.45, 7) is 2.21. The Kier molecular flexibility index (Phi) is 5.26. The third-order valence-electron chi connectivity index (χ3n) is 5.68. The van der Waals surface area contributed by atoms with Gasteiger partial charge in [0.25, 0.3) is 0 Å². The Hall–Kier alpha value is -0.500. The normalized spacial score (nSPS) is 27.5. The molecule has 3 rings (SSSR count). The minimum atomic E-state index is 0.690. The smallest absolute Gasteiger partial charge is 0.0383 e. The molecule has 2 atom stereocenters. The lowest BCUT2D eigenvalue weighted by atomic mass is 9.71. The van der Waals surface area contributed by atoms with Gasteiger partial charge >= 0.3 is 0 Å². The molecular formula is C19H28BrN. The average Bonchev–Trinajstić information content (AvgIpc) is 2.53. The van der Waals surface area contributed by atoms with Gasteiger partial charge in [0.1, 0.15) is 0 Å². The van der Waals surface area contributed by atoms with Crippen LogP contribution < -0.4 is 5.32 Å². The van der Waals surface area contributed by atoms with Gasteiger partial charge in [0, 0.05) is 16.2 Å². The maximum atomic E-state index is 3.91. The second-order valence-corrected chi connectivity index (χ2v) is 7.86. The molecule has 1 aromatic carbocycles. The quantitative estimate of drug-likeness (QED) is 0.674. The van der Waals surface area contributed by atoms with E-state index in [4.69, 9.17) is 0 Å². The van der Waals surface area contributed by atoms with E-state index in [0.29, 0.717) is 6.04 Å². The molecule has 0 heterocycles. The highest BCUT2D eigenvalue weighted by Gasteiger charge is 2.32. The topological polar surface area (TPSA) is 12.0 Å². The van der Waals surface area contributed by atoms with Crippen LogP contribution in [0, 0.1) is 18.8 Å². The van der Waals surface area contributed by atoms with E-state index >= 15 is 0 Å². The molecule has 116 valence electrons. The van der Waals surface area contributed by atoms with Crippen LogP contribution in [0.2, 0.25) is 0 Å². The fraction of sp³-hybridized carbons (Fsp3) is 0.684. The molecule has 2 unspecified atom stereocenters. The van der Waals surface area contributed by atoms with Crippen molar-refractivity contribution in [2.45, 2.75) is 70.8 Å². The number of nitrogens with one attached hydrogen (secondary N) is 1. The van der Waals surface area contributed by atoms with Crippen molar-refractivity contribution >= 4 is 21.6 Å². The van der Waals surface area contributed by atoms with Crippen LogP contribution >= 0.6 is 15.9 Å².